The van der Waals surface area contributed by atoms with Gasteiger partial charge >= 0.3 is 6.03 Å². The highest BCUT2D eigenvalue weighted by Gasteiger charge is 2.27. The molecule has 0 aliphatic carbocycles. The van der Waals surface area contributed by atoms with E-state index in [0.717, 1.165) is 12.8 Å². The van der Waals surface area contributed by atoms with Gasteiger partial charge in [-0.15, -0.1) is 0 Å². The number of nitrogens with zero attached hydrogens (tertiary/aromatic N) is 2. The molecule has 0 saturated heterocycles. The number of carbonyl (C=O) groups is 3. The number of primary amides is 1. The zero-order chi connectivity index (χ0) is 21.3. The van der Waals surface area contributed by atoms with Gasteiger partial charge in [-0.2, -0.15) is 4.98 Å². The molecule has 28 heavy (non-hydrogen) atoms. The lowest BCUT2D eigenvalue weighted by Gasteiger charge is -2.20. The Balaban J connectivity index is 2.84. The lowest BCUT2D eigenvalue weighted by Crippen LogP contribution is -2.51. The highest BCUT2D eigenvalue weighted by atomic mass is 16.5. The molecule has 0 fully saturated rings. The molecule has 0 bridgehead atoms. The number of hydrogen-bond acceptors (Lipinski definition) is 9. The van der Waals surface area contributed by atoms with E-state index in [1.165, 1.54) is 13.8 Å². The van der Waals surface area contributed by atoms with Crippen LogP contribution < -0.4 is 27.8 Å². The number of amides is 3. The maximum absolute atomic E-state index is 12.2. The van der Waals surface area contributed by atoms with Crippen LogP contribution in [0.2, 0.25) is 0 Å². The second kappa shape index (κ2) is 11.3. The first kappa shape index (κ1) is 23.5. The molecule has 0 spiro atoms. The minimum atomic E-state index is -1.11. The number of unbranched alkanes of at least 4 members (excludes halogenated alkanes) is 1. The minimum absolute atomic E-state index is 0.0466. The predicted molar refractivity (Wildman–Crippen MR) is 98.5 cm³/mol. The number of aliphatic hydroxyl groups is 1. The fraction of sp³-hybridized carbons (Fsp3) is 0.688. The third kappa shape index (κ3) is 7.58. The minimum Gasteiger partial charge on any atom is -0.391 e. The summed E-state index contributed by atoms with van der Waals surface area (Å²) in [6.45, 7) is 3.15. The van der Waals surface area contributed by atoms with E-state index in [2.05, 4.69) is 20.8 Å². The van der Waals surface area contributed by atoms with Gasteiger partial charge in [-0.1, -0.05) is 11.6 Å². The monoisotopic (exact) mass is 399 g/mol. The summed E-state index contributed by atoms with van der Waals surface area (Å²) in [6, 6.07) is -3.41. The Kier molecular flexibility index (Phi) is 9.48. The lowest BCUT2D eigenvalue weighted by molar-refractivity contribution is -0.121. The summed E-state index contributed by atoms with van der Waals surface area (Å²) < 4.78 is 5.12. The summed E-state index contributed by atoms with van der Waals surface area (Å²) in [6.07, 6.45) is 0.791. The molecule has 9 N–H and O–H groups in total. The van der Waals surface area contributed by atoms with E-state index in [1.54, 1.807) is 0 Å². The molecule has 3 amide bonds. The number of hydrogen-bond donors (Lipinski definition) is 6. The van der Waals surface area contributed by atoms with Crippen LogP contribution in [-0.4, -0.2) is 51.7 Å². The maximum atomic E-state index is 12.2. The molecule has 0 saturated carbocycles. The Hall–Kier alpha value is -2.57. The van der Waals surface area contributed by atoms with E-state index in [0.29, 0.717) is 13.0 Å². The van der Waals surface area contributed by atoms with Crippen LogP contribution in [0.3, 0.4) is 0 Å². The van der Waals surface area contributed by atoms with Gasteiger partial charge in [0.25, 0.3) is 0 Å². The average molecular weight is 399 g/mol. The summed E-state index contributed by atoms with van der Waals surface area (Å²) in [5.74, 6) is -0.958. The van der Waals surface area contributed by atoms with E-state index < -0.39 is 42.0 Å². The normalized spacial score (nSPS) is 15.3. The molecule has 0 aliphatic rings. The fourth-order valence-electron chi connectivity index (χ4n) is 2.48. The Bertz CT molecular complexity index is 664. The van der Waals surface area contributed by atoms with Crippen molar-refractivity contribution in [3.05, 3.63) is 11.7 Å². The van der Waals surface area contributed by atoms with E-state index in [-0.39, 0.29) is 18.1 Å². The van der Waals surface area contributed by atoms with Gasteiger partial charge in [0.15, 0.2) is 11.6 Å². The molecule has 0 radical (unpaired) electrons. The molecule has 0 aromatic carbocycles. The smallest absolute Gasteiger partial charge is 0.316 e. The van der Waals surface area contributed by atoms with Crippen LogP contribution in [0.25, 0.3) is 0 Å². The average Bonchev–Trinajstić information content (AvgIpc) is 3.08. The molecular formula is C16H29N7O5. The fourth-order valence-corrected chi connectivity index (χ4v) is 2.48. The Morgan fingerprint density at radius 1 is 1.25 bits per heavy atom. The highest BCUT2D eigenvalue weighted by Crippen LogP contribution is 2.19. The standard InChI is InChI=1S/C16H29N7O5/c1-8(24)13(9(2)25)21-16(27)20-11(7-12(19)26)15-22-14(23-28-15)10(18)5-3-4-6-17/h8,10-11,13,24H,3-7,17-18H2,1-2H3,(H2,19,26)(H2,20,21,27)/t8?,10-,11-,13-/m0/s1. The molecule has 1 aromatic heterocycles. The third-order valence-corrected chi connectivity index (χ3v) is 3.97. The van der Waals surface area contributed by atoms with Crippen molar-refractivity contribution in [2.24, 2.45) is 17.2 Å². The van der Waals surface area contributed by atoms with Crippen molar-refractivity contribution in [3.8, 4) is 0 Å². The topological polar surface area (TPSA) is 212 Å². The van der Waals surface area contributed by atoms with Crippen LogP contribution >= 0.6 is 0 Å². The number of urea groups is 1. The number of Topliss-reactive ketones (excluding diaryl/α,β-unsaturated/α-hetero) is 1. The van der Waals surface area contributed by atoms with Crippen molar-refractivity contribution in [1.29, 1.82) is 0 Å². The zero-order valence-electron chi connectivity index (χ0n) is 16.1. The molecule has 12 nitrogen and oxygen atoms in total. The van der Waals surface area contributed by atoms with Crippen LogP contribution in [0.5, 0.6) is 0 Å². The van der Waals surface area contributed by atoms with E-state index in [4.69, 9.17) is 21.7 Å². The van der Waals surface area contributed by atoms with Gasteiger partial charge < -0.3 is 37.5 Å². The number of aromatic nitrogens is 2. The summed E-state index contributed by atoms with van der Waals surface area (Å²) in [5.41, 5.74) is 16.7. The van der Waals surface area contributed by atoms with E-state index in [9.17, 15) is 19.5 Å². The van der Waals surface area contributed by atoms with Crippen molar-refractivity contribution >= 4 is 17.7 Å². The van der Waals surface area contributed by atoms with Crippen LogP contribution in [0.1, 0.15) is 63.3 Å². The van der Waals surface area contributed by atoms with Crippen LogP contribution in [-0.2, 0) is 9.59 Å². The Morgan fingerprint density at radius 3 is 2.46 bits per heavy atom. The lowest BCUT2D eigenvalue weighted by atomic mass is 10.1. The van der Waals surface area contributed by atoms with E-state index in [1.807, 2.05) is 0 Å². The second-order valence-electron chi connectivity index (χ2n) is 6.55. The highest BCUT2D eigenvalue weighted by molar-refractivity contribution is 5.87. The van der Waals surface area contributed by atoms with Crippen molar-refractivity contribution in [2.45, 2.75) is 63.8 Å². The Morgan fingerprint density at radius 2 is 1.93 bits per heavy atom. The van der Waals surface area contributed by atoms with Gasteiger partial charge in [-0.3, -0.25) is 9.59 Å². The SMILES string of the molecule is CC(=O)[C@@H](NC(=O)N[C@@H](CC(N)=O)c1nc([C@@H](N)CCCCN)no1)C(C)O. The Labute approximate surface area is 162 Å². The number of rotatable bonds is 12. The summed E-state index contributed by atoms with van der Waals surface area (Å²) in [5, 5.41) is 18.1. The number of nitrogens with two attached hydrogens (primary N) is 3. The molecule has 1 rings (SSSR count). The molecule has 1 unspecified atom stereocenters. The molecule has 1 aromatic rings. The number of carbonyl (C=O) groups excluding carboxylic acids is 3. The number of nitrogens with one attached hydrogen (secondary N) is 2. The van der Waals surface area contributed by atoms with Gasteiger partial charge in [0, 0.05) is 0 Å². The molecule has 12 heteroatoms. The van der Waals surface area contributed by atoms with Crippen molar-refractivity contribution < 1.29 is 24.0 Å². The number of aliphatic hydroxyl groups excluding tert-OH is 1. The molecule has 1 heterocycles. The van der Waals surface area contributed by atoms with Crippen molar-refractivity contribution in [3.63, 3.8) is 0 Å². The first-order valence-electron chi connectivity index (χ1n) is 8.98. The zero-order valence-corrected chi connectivity index (χ0v) is 16.1. The summed E-state index contributed by atoms with van der Waals surface area (Å²) >= 11 is 0. The summed E-state index contributed by atoms with van der Waals surface area (Å²) in [4.78, 5) is 39.2. The van der Waals surface area contributed by atoms with Gasteiger partial charge in [-0.25, -0.2) is 4.79 Å². The van der Waals surface area contributed by atoms with Crippen LogP contribution in [0.15, 0.2) is 4.52 Å². The van der Waals surface area contributed by atoms with E-state index >= 15 is 0 Å². The van der Waals surface area contributed by atoms with Crippen LogP contribution in [0.4, 0.5) is 4.79 Å². The van der Waals surface area contributed by atoms with Gasteiger partial charge in [0.05, 0.1) is 18.6 Å². The largest absolute Gasteiger partial charge is 0.391 e. The number of ketones is 1. The second-order valence-corrected chi connectivity index (χ2v) is 6.55. The first-order chi connectivity index (χ1) is 13.1. The quantitative estimate of drug-likeness (QED) is 0.231. The maximum Gasteiger partial charge on any atom is 0.316 e. The van der Waals surface area contributed by atoms with Gasteiger partial charge in [0.2, 0.25) is 11.8 Å². The first-order valence-corrected chi connectivity index (χ1v) is 8.98. The molecule has 0 aliphatic heterocycles. The van der Waals surface area contributed by atoms with Crippen LogP contribution in [0, 0.1) is 0 Å². The predicted octanol–water partition coefficient (Wildman–Crippen LogP) is -1.25. The summed E-state index contributed by atoms with van der Waals surface area (Å²) in [7, 11) is 0. The molecular weight excluding hydrogens is 370 g/mol. The van der Waals surface area contributed by atoms with Gasteiger partial charge in [0.1, 0.15) is 12.1 Å². The molecule has 158 valence electrons. The third-order valence-electron chi connectivity index (χ3n) is 3.97. The van der Waals surface area contributed by atoms with Crippen molar-refractivity contribution in [2.75, 3.05) is 6.54 Å². The van der Waals surface area contributed by atoms with Crippen molar-refractivity contribution in [1.82, 2.24) is 20.8 Å². The molecule has 4 atom stereocenters. The van der Waals surface area contributed by atoms with Gasteiger partial charge in [-0.05, 0) is 33.2 Å².